The summed E-state index contributed by atoms with van der Waals surface area (Å²) in [6.45, 7) is 18.6. The van der Waals surface area contributed by atoms with Crippen LogP contribution < -0.4 is 0 Å². The molecule has 1 aliphatic rings. The molecule has 0 N–H and O–H groups in total. The van der Waals surface area contributed by atoms with Crippen LogP contribution in [0.2, 0.25) is 0 Å². The summed E-state index contributed by atoms with van der Waals surface area (Å²) < 4.78 is 0. The predicted molar refractivity (Wildman–Crippen MR) is 76.4 cm³/mol. The summed E-state index contributed by atoms with van der Waals surface area (Å²) in [4.78, 5) is 5.37. The van der Waals surface area contributed by atoms with Crippen LogP contribution in [0.1, 0.15) is 61.8 Å². The molecular formula is C15H32N2. The third-order valence-electron chi connectivity index (χ3n) is 3.88. The van der Waals surface area contributed by atoms with Gasteiger partial charge < -0.3 is 0 Å². The van der Waals surface area contributed by atoms with Gasteiger partial charge in [-0.2, -0.15) is 0 Å². The first-order valence-electron chi connectivity index (χ1n) is 7.32. The maximum Gasteiger partial charge on any atom is 0.0273 e. The van der Waals surface area contributed by atoms with Gasteiger partial charge in [-0.25, -0.2) is 0 Å². The van der Waals surface area contributed by atoms with Gasteiger partial charge in [0.1, 0.15) is 0 Å². The van der Waals surface area contributed by atoms with Crippen molar-refractivity contribution in [2.75, 3.05) is 0 Å². The Morgan fingerprint density at radius 1 is 0.588 bits per heavy atom. The standard InChI is InChI=1S/C15H32N2/c1-10(2)16(11(3)4)14-9-15(14)17(12(5)6)13(7)8/h10-15H,9H2,1-8H3. The predicted octanol–water partition coefficient (Wildman–Crippen LogP) is 3.36. The topological polar surface area (TPSA) is 6.48 Å². The van der Waals surface area contributed by atoms with E-state index in [1.54, 1.807) is 0 Å². The summed E-state index contributed by atoms with van der Waals surface area (Å²) in [5.41, 5.74) is 0. The van der Waals surface area contributed by atoms with E-state index < -0.39 is 0 Å². The SMILES string of the molecule is CC(C)N(C(C)C)C1CC1N(C(C)C)C(C)C. The van der Waals surface area contributed by atoms with Crippen molar-refractivity contribution in [3.05, 3.63) is 0 Å². The van der Waals surface area contributed by atoms with Gasteiger partial charge in [0.05, 0.1) is 0 Å². The zero-order valence-electron chi connectivity index (χ0n) is 13.1. The summed E-state index contributed by atoms with van der Waals surface area (Å²) in [6, 6.07) is 4.19. The lowest BCUT2D eigenvalue weighted by atomic mass is 10.2. The second-order valence-electron chi connectivity index (χ2n) is 6.64. The number of hydrogen-bond donors (Lipinski definition) is 0. The van der Waals surface area contributed by atoms with Crippen molar-refractivity contribution < 1.29 is 0 Å². The van der Waals surface area contributed by atoms with Crippen LogP contribution in [0.3, 0.4) is 0 Å². The molecule has 0 radical (unpaired) electrons. The van der Waals surface area contributed by atoms with Crippen LogP contribution in [0.4, 0.5) is 0 Å². The highest BCUT2D eigenvalue weighted by atomic mass is 15.3. The van der Waals surface area contributed by atoms with E-state index in [4.69, 9.17) is 0 Å². The molecule has 0 spiro atoms. The fourth-order valence-corrected chi connectivity index (χ4v) is 3.53. The Morgan fingerprint density at radius 2 is 0.824 bits per heavy atom. The van der Waals surface area contributed by atoms with Crippen molar-refractivity contribution in [3.8, 4) is 0 Å². The van der Waals surface area contributed by atoms with E-state index in [-0.39, 0.29) is 0 Å². The monoisotopic (exact) mass is 240 g/mol. The Hall–Kier alpha value is -0.0800. The van der Waals surface area contributed by atoms with Gasteiger partial charge >= 0.3 is 0 Å². The molecule has 0 aliphatic heterocycles. The van der Waals surface area contributed by atoms with Crippen molar-refractivity contribution in [2.24, 2.45) is 0 Å². The smallest absolute Gasteiger partial charge is 0.0273 e. The van der Waals surface area contributed by atoms with Gasteiger partial charge in [0.15, 0.2) is 0 Å². The summed E-state index contributed by atoms with van der Waals surface area (Å²) >= 11 is 0. The quantitative estimate of drug-likeness (QED) is 0.702. The maximum atomic E-state index is 2.68. The number of nitrogens with zero attached hydrogens (tertiary/aromatic N) is 2. The normalized spacial score (nSPS) is 25.1. The first-order valence-corrected chi connectivity index (χ1v) is 7.32. The molecule has 0 aromatic carbocycles. The largest absolute Gasteiger partial charge is 0.294 e. The van der Waals surface area contributed by atoms with Gasteiger partial charge in [-0.05, 0) is 61.8 Å². The molecule has 17 heavy (non-hydrogen) atoms. The zero-order valence-corrected chi connectivity index (χ0v) is 13.1. The molecule has 0 saturated heterocycles. The molecule has 0 heterocycles. The van der Waals surface area contributed by atoms with Crippen molar-refractivity contribution in [3.63, 3.8) is 0 Å². The van der Waals surface area contributed by atoms with Crippen molar-refractivity contribution in [1.82, 2.24) is 9.80 Å². The van der Waals surface area contributed by atoms with Gasteiger partial charge in [-0.1, -0.05) is 0 Å². The average Bonchev–Trinajstić information content (AvgIpc) is 2.81. The molecule has 0 aromatic heterocycles. The Kier molecular flexibility index (Phi) is 5.03. The first kappa shape index (κ1) is 15.0. The van der Waals surface area contributed by atoms with Crippen LogP contribution in [0, 0.1) is 0 Å². The Morgan fingerprint density at radius 3 is 1.00 bits per heavy atom. The van der Waals surface area contributed by atoms with Crippen molar-refractivity contribution in [1.29, 1.82) is 0 Å². The molecule has 0 bridgehead atoms. The molecular weight excluding hydrogens is 208 g/mol. The van der Waals surface area contributed by atoms with Crippen LogP contribution in [-0.4, -0.2) is 46.1 Å². The molecule has 1 aliphatic carbocycles. The molecule has 1 saturated carbocycles. The third-order valence-corrected chi connectivity index (χ3v) is 3.88. The van der Waals surface area contributed by atoms with Gasteiger partial charge in [-0.15, -0.1) is 0 Å². The van der Waals surface area contributed by atoms with Gasteiger partial charge in [0.25, 0.3) is 0 Å². The molecule has 1 fully saturated rings. The molecule has 2 nitrogen and oxygen atoms in total. The summed E-state index contributed by atoms with van der Waals surface area (Å²) in [5, 5.41) is 0. The zero-order chi connectivity index (χ0) is 13.3. The Balaban J connectivity index is 2.67. The van der Waals surface area contributed by atoms with Crippen LogP contribution in [0.5, 0.6) is 0 Å². The van der Waals surface area contributed by atoms with Gasteiger partial charge in [0.2, 0.25) is 0 Å². The number of hydrogen-bond acceptors (Lipinski definition) is 2. The van der Waals surface area contributed by atoms with E-state index in [0.717, 1.165) is 12.1 Å². The minimum Gasteiger partial charge on any atom is -0.294 e. The van der Waals surface area contributed by atoms with Crippen LogP contribution in [0.15, 0.2) is 0 Å². The summed E-state index contributed by atoms with van der Waals surface area (Å²) in [5.74, 6) is 0. The molecule has 2 unspecified atom stereocenters. The fraction of sp³-hybridized carbons (Fsp3) is 1.00. The lowest BCUT2D eigenvalue weighted by Crippen LogP contribution is -2.46. The van der Waals surface area contributed by atoms with Gasteiger partial charge in [-0.3, -0.25) is 9.80 Å². The summed E-state index contributed by atoms with van der Waals surface area (Å²) in [6.07, 6.45) is 1.35. The molecule has 0 amide bonds. The lowest BCUT2D eigenvalue weighted by molar-refractivity contribution is 0.108. The number of rotatable bonds is 6. The highest BCUT2D eigenvalue weighted by molar-refractivity contribution is 5.05. The summed E-state index contributed by atoms with van der Waals surface area (Å²) in [7, 11) is 0. The lowest BCUT2D eigenvalue weighted by Gasteiger charge is -2.35. The third kappa shape index (κ3) is 3.45. The minimum atomic E-state index is 0.658. The Labute approximate surface area is 108 Å². The second-order valence-corrected chi connectivity index (χ2v) is 6.64. The van der Waals surface area contributed by atoms with Crippen LogP contribution in [-0.2, 0) is 0 Å². The average molecular weight is 240 g/mol. The Bertz CT molecular complexity index is 193. The van der Waals surface area contributed by atoms with E-state index in [1.165, 1.54) is 6.42 Å². The van der Waals surface area contributed by atoms with E-state index in [2.05, 4.69) is 65.2 Å². The first-order chi connectivity index (χ1) is 7.77. The molecule has 102 valence electrons. The molecule has 2 heteroatoms. The van der Waals surface area contributed by atoms with E-state index in [1.807, 2.05) is 0 Å². The fourth-order valence-electron chi connectivity index (χ4n) is 3.53. The van der Waals surface area contributed by atoms with E-state index >= 15 is 0 Å². The maximum absolute atomic E-state index is 2.68. The van der Waals surface area contributed by atoms with Crippen LogP contribution >= 0.6 is 0 Å². The van der Waals surface area contributed by atoms with Crippen molar-refractivity contribution >= 4 is 0 Å². The van der Waals surface area contributed by atoms with E-state index in [9.17, 15) is 0 Å². The molecule has 1 rings (SSSR count). The molecule has 2 atom stereocenters. The second kappa shape index (κ2) is 5.71. The molecule has 0 aromatic rings. The minimum absolute atomic E-state index is 0.658. The highest BCUT2D eigenvalue weighted by Gasteiger charge is 2.48. The van der Waals surface area contributed by atoms with Crippen LogP contribution in [0.25, 0.3) is 0 Å². The van der Waals surface area contributed by atoms with Gasteiger partial charge in [0, 0.05) is 36.3 Å². The highest BCUT2D eigenvalue weighted by Crippen LogP contribution is 2.37. The van der Waals surface area contributed by atoms with E-state index in [0.29, 0.717) is 24.2 Å². The van der Waals surface area contributed by atoms with Crippen molar-refractivity contribution in [2.45, 2.75) is 98.1 Å².